The Labute approximate surface area is 104 Å². The van der Waals surface area contributed by atoms with Crippen LogP contribution in [0.4, 0.5) is 0 Å². The molecule has 2 rings (SSSR count). The Hall–Kier alpha value is -1.09. The van der Waals surface area contributed by atoms with Crippen LogP contribution in [0.3, 0.4) is 0 Å². The Morgan fingerprint density at radius 1 is 1.31 bits per heavy atom. The molecule has 2 nitrogen and oxygen atoms in total. The molecular formula is C13H15BrN2. The molecule has 0 aliphatic rings. The van der Waals surface area contributed by atoms with Crippen molar-refractivity contribution in [3.63, 3.8) is 0 Å². The summed E-state index contributed by atoms with van der Waals surface area (Å²) in [6.07, 6.45) is 0.957. The van der Waals surface area contributed by atoms with Crippen molar-refractivity contribution in [2.24, 2.45) is 0 Å². The molecule has 84 valence electrons. The van der Waals surface area contributed by atoms with Gasteiger partial charge in [-0.2, -0.15) is 5.10 Å². The molecule has 1 N–H and O–H groups in total. The summed E-state index contributed by atoms with van der Waals surface area (Å²) in [5, 5.41) is 7.46. The zero-order valence-electron chi connectivity index (χ0n) is 9.76. The number of H-pyrrole nitrogens is 1. The third-order valence-electron chi connectivity index (χ3n) is 2.78. The second-order valence-corrected chi connectivity index (χ2v) is 4.83. The van der Waals surface area contributed by atoms with Crippen LogP contribution in [0.5, 0.6) is 0 Å². The Balaban J connectivity index is 2.58. The highest BCUT2D eigenvalue weighted by molar-refractivity contribution is 9.10. The van der Waals surface area contributed by atoms with Gasteiger partial charge in [0.15, 0.2) is 0 Å². The van der Waals surface area contributed by atoms with Gasteiger partial charge >= 0.3 is 0 Å². The van der Waals surface area contributed by atoms with E-state index in [4.69, 9.17) is 0 Å². The lowest BCUT2D eigenvalue weighted by atomic mass is 10.0. The van der Waals surface area contributed by atoms with Gasteiger partial charge in [0.2, 0.25) is 0 Å². The first-order chi connectivity index (χ1) is 7.63. The van der Waals surface area contributed by atoms with Crippen LogP contribution in [0, 0.1) is 13.8 Å². The van der Waals surface area contributed by atoms with E-state index in [0.717, 1.165) is 22.3 Å². The molecule has 3 heteroatoms. The number of nitrogens with one attached hydrogen (secondary N) is 1. The number of halogens is 1. The van der Waals surface area contributed by atoms with Gasteiger partial charge in [0, 0.05) is 11.3 Å². The Morgan fingerprint density at radius 2 is 2.06 bits per heavy atom. The molecule has 1 heterocycles. The number of nitrogens with zero attached hydrogens (tertiary/aromatic N) is 1. The molecular weight excluding hydrogens is 264 g/mol. The van der Waals surface area contributed by atoms with Crippen LogP contribution in [0.15, 0.2) is 22.7 Å². The van der Waals surface area contributed by atoms with Crippen molar-refractivity contribution in [1.82, 2.24) is 10.2 Å². The van der Waals surface area contributed by atoms with Crippen LogP contribution in [-0.4, -0.2) is 10.2 Å². The molecule has 2 aromatic rings. The first kappa shape index (κ1) is 11.4. The number of benzene rings is 1. The minimum absolute atomic E-state index is 0.957. The van der Waals surface area contributed by atoms with Crippen molar-refractivity contribution in [2.75, 3.05) is 0 Å². The highest BCUT2D eigenvalue weighted by atomic mass is 79.9. The summed E-state index contributed by atoms with van der Waals surface area (Å²) in [6.45, 7) is 6.33. The van der Waals surface area contributed by atoms with Gasteiger partial charge in [0.25, 0.3) is 0 Å². The van der Waals surface area contributed by atoms with Crippen molar-refractivity contribution in [1.29, 1.82) is 0 Å². The van der Waals surface area contributed by atoms with E-state index in [1.54, 1.807) is 0 Å². The van der Waals surface area contributed by atoms with Crippen LogP contribution in [0.1, 0.15) is 23.7 Å². The summed E-state index contributed by atoms with van der Waals surface area (Å²) >= 11 is 3.61. The fourth-order valence-corrected chi connectivity index (χ4v) is 2.44. The summed E-state index contributed by atoms with van der Waals surface area (Å²) < 4.78 is 1.09. The number of aryl methyl sites for hydroxylation is 3. The number of aromatic nitrogens is 2. The van der Waals surface area contributed by atoms with E-state index in [-0.39, 0.29) is 0 Å². The topological polar surface area (TPSA) is 28.7 Å². The summed E-state index contributed by atoms with van der Waals surface area (Å²) in [6, 6.07) is 6.44. The third-order valence-corrected chi connectivity index (χ3v) is 3.63. The molecule has 1 aromatic heterocycles. The molecule has 0 atom stereocenters. The monoisotopic (exact) mass is 278 g/mol. The zero-order valence-corrected chi connectivity index (χ0v) is 11.4. The highest BCUT2D eigenvalue weighted by Gasteiger charge is 2.12. The first-order valence-corrected chi connectivity index (χ1v) is 6.23. The average Bonchev–Trinajstić information content (AvgIpc) is 2.63. The second kappa shape index (κ2) is 4.42. The van der Waals surface area contributed by atoms with Crippen molar-refractivity contribution < 1.29 is 0 Å². The predicted molar refractivity (Wildman–Crippen MR) is 70.6 cm³/mol. The van der Waals surface area contributed by atoms with E-state index in [0.29, 0.717) is 0 Å². The molecule has 0 aliphatic heterocycles. The molecule has 0 fully saturated rings. The maximum Gasteiger partial charge on any atom is 0.107 e. The summed E-state index contributed by atoms with van der Waals surface area (Å²) in [7, 11) is 0. The second-order valence-electron chi connectivity index (χ2n) is 4.04. The molecule has 0 saturated carbocycles. The van der Waals surface area contributed by atoms with E-state index in [1.807, 2.05) is 0 Å². The van der Waals surface area contributed by atoms with Gasteiger partial charge in [-0.05, 0) is 47.8 Å². The van der Waals surface area contributed by atoms with Gasteiger partial charge in [-0.1, -0.05) is 24.6 Å². The largest absolute Gasteiger partial charge is 0.281 e. The van der Waals surface area contributed by atoms with E-state index in [1.165, 1.54) is 16.7 Å². The molecule has 0 unspecified atom stereocenters. The number of rotatable bonds is 2. The molecule has 0 saturated heterocycles. The normalized spacial score (nSPS) is 10.8. The Morgan fingerprint density at radius 3 is 2.69 bits per heavy atom. The minimum atomic E-state index is 0.957. The van der Waals surface area contributed by atoms with E-state index in [2.05, 4.69) is 65.1 Å². The van der Waals surface area contributed by atoms with Gasteiger partial charge in [0.1, 0.15) is 5.69 Å². The standard InChI is InChI=1S/C13H15BrN2/c1-4-11-12(14)13(16-15-11)10-7-8(2)5-6-9(10)3/h5-7H,4H2,1-3H3,(H,15,16). The van der Waals surface area contributed by atoms with Gasteiger partial charge in [0.05, 0.1) is 4.47 Å². The fraction of sp³-hybridized carbons (Fsp3) is 0.308. The molecule has 0 radical (unpaired) electrons. The molecule has 0 spiro atoms. The zero-order chi connectivity index (χ0) is 11.7. The van der Waals surface area contributed by atoms with Crippen LogP contribution in [0.2, 0.25) is 0 Å². The van der Waals surface area contributed by atoms with Crippen LogP contribution in [-0.2, 0) is 6.42 Å². The van der Waals surface area contributed by atoms with Crippen molar-refractivity contribution in [2.45, 2.75) is 27.2 Å². The predicted octanol–water partition coefficient (Wildman–Crippen LogP) is 4.02. The molecule has 0 bridgehead atoms. The molecule has 16 heavy (non-hydrogen) atoms. The Bertz CT molecular complexity index is 515. The van der Waals surface area contributed by atoms with E-state index >= 15 is 0 Å². The van der Waals surface area contributed by atoms with Crippen molar-refractivity contribution in [3.8, 4) is 11.3 Å². The van der Waals surface area contributed by atoms with Crippen LogP contribution < -0.4 is 0 Å². The van der Waals surface area contributed by atoms with E-state index in [9.17, 15) is 0 Å². The van der Waals surface area contributed by atoms with Crippen molar-refractivity contribution >= 4 is 15.9 Å². The van der Waals surface area contributed by atoms with Gasteiger partial charge in [-0.3, -0.25) is 5.10 Å². The summed E-state index contributed by atoms with van der Waals surface area (Å²) in [5.74, 6) is 0. The third kappa shape index (κ3) is 1.92. The quantitative estimate of drug-likeness (QED) is 0.883. The lowest BCUT2D eigenvalue weighted by Crippen LogP contribution is -1.86. The smallest absolute Gasteiger partial charge is 0.107 e. The average molecular weight is 279 g/mol. The molecule has 1 aromatic carbocycles. The number of aromatic amines is 1. The number of hydrogen-bond acceptors (Lipinski definition) is 1. The maximum atomic E-state index is 4.39. The lowest BCUT2D eigenvalue weighted by molar-refractivity contribution is 0.973. The molecule has 0 aliphatic carbocycles. The van der Waals surface area contributed by atoms with Crippen LogP contribution in [0.25, 0.3) is 11.3 Å². The maximum absolute atomic E-state index is 4.39. The highest BCUT2D eigenvalue weighted by Crippen LogP contribution is 2.31. The first-order valence-electron chi connectivity index (χ1n) is 5.43. The van der Waals surface area contributed by atoms with Crippen molar-refractivity contribution in [3.05, 3.63) is 39.5 Å². The molecule has 0 amide bonds. The SMILES string of the molecule is CCc1[nH]nc(-c2cc(C)ccc2C)c1Br. The summed E-state index contributed by atoms with van der Waals surface area (Å²) in [4.78, 5) is 0. The fourth-order valence-electron chi connectivity index (χ4n) is 1.77. The van der Waals surface area contributed by atoms with Gasteiger partial charge in [-0.25, -0.2) is 0 Å². The summed E-state index contributed by atoms with van der Waals surface area (Å²) in [5.41, 5.74) is 5.87. The van der Waals surface area contributed by atoms with Gasteiger partial charge in [-0.15, -0.1) is 0 Å². The van der Waals surface area contributed by atoms with E-state index < -0.39 is 0 Å². The van der Waals surface area contributed by atoms with Crippen LogP contribution >= 0.6 is 15.9 Å². The minimum Gasteiger partial charge on any atom is -0.281 e. The number of hydrogen-bond donors (Lipinski definition) is 1. The van der Waals surface area contributed by atoms with Gasteiger partial charge < -0.3 is 0 Å². The lowest BCUT2D eigenvalue weighted by Gasteiger charge is -2.04. The Kier molecular flexibility index (Phi) is 3.15.